The Hall–Kier alpha value is -2.67. The van der Waals surface area contributed by atoms with Crippen LogP contribution < -0.4 is 0 Å². The summed E-state index contributed by atoms with van der Waals surface area (Å²) in [5, 5.41) is 0. The zero-order chi connectivity index (χ0) is 14.5. The maximum atomic E-state index is 4.60. The van der Waals surface area contributed by atoms with Gasteiger partial charge >= 0.3 is 0 Å². The smallest absolute Gasteiger partial charge is 0.0743 e. The van der Waals surface area contributed by atoms with Gasteiger partial charge in [0, 0.05) is 17.7 Å². The monoisotopic (exact) mass is 271 g/mol. The zero-order valence-electron chi connectivity index (χ0n) is 11.8. The van der Waals surface area contributed by atoms with E-state index < -0.39 is 0 Å². The first kappa shape index (κ1) is 13.3. The summed E-state index contributed by atoms with van der Waals surface area (Å²) in [7, 11) is 0. The molecule has 3 aromatic rings. The molecule has 2 aromatic carbocycles. The molecule has 1 nitrogen and oxygen atoms in total. The van der Waals surface area contributed by atoms with Crippen LogP contribution in [0.4, 0.5) is 0 Å². The van der Waals surface area contributed by atoms with Crippen LogP contribution in [0, 0.1) is 0 Å². The maximum absolute atomic E-state index is 4.60. The molecule has 0 bridgehead atoms. The van der Waals surface area contributed by atoms with Gasteiger partial charge in [0.05, 0.1) is 5.69 Å². The highest BCUT2D eigenvalue weighted by atomic mass is 14.7. The summed E-state index contributed by atoms with van der Waals surface area (Å²) in [6, 6.07) is 24.8. The zero-order valence-corrected chi connectivity index (χ0v) is 11.8. The van der Waals surface area contributed by atoms with E-state index in [9.17, 15) is 0 Å². The Bertz CT molecular complexity index is 717. The molecule has 0 saturated heterocycles. The van der Waals surface area contributed by atoms with Crippen LogP contribution in [0.25, 0.3) is 11.3 Å². The molecule has 1 heteroatoms. The van der Waals surface area contributed by atoms with Crippen molar-refractivity contribution in [3.05, 3.63) is 103 Å². The topological polar surface area (TPSA) is 12.9 Å². The minimum Gasteiger partial charge on any atom is -0.256 e. The van der Waals surface area contributed by atoms with Crippen molar-refractivity contribution in [1.29, 1.82) is 0 Å². The summed E-state index contributed by atoms with van der Waals surface area (Å²) in [5.74, 6) is 0.148. The molecule has 0 radical (unpaired) electrons. The van der Waals surface area contributed by atoms with Crippen molar-refractivity contribution in [2.45, 2.75) is 5.92 Å². The number of rotatable bonds is 4. The fourth-order valence-corrected chi connectivity index (χ4v) is 2.61. The molecular formula is C20H17N. The van der Waals surface area contributed by atoms with Gasteiger partial charge in [-0.15, -0.1) is 6.58 Å². The van der Waals surface area contributed by atoms with Crippen molar-refractivity contribution >= 4 is 0 Å². The van der Waals surface area contributed by atoms with Gasteiger partial charge in [0.15, 0.2) is 0 Å². The standard InChI is InChI=1S/C20H17N/c1-2-18(16-10-5-3-6-11-16)19-14-9-15-21-20(19)17-12-7-4-8-13-17/h2-15,18H,1H2. The average molecular weight is 271 g/mol. The number of hydrogen-bond acceptors (Lipinski definition) is 1. The van der Waals surface area contributed by atoms with E-state index in [0.29, 0.717) is 0 Å². The molecule has 1 heterocycles. The van der Waals surface area contributed by atoms with E-state index in [4.69, 9.17) is 0 Å². The second kappa shape index (κ2) is 6.19. The highest BCUT2D eigenvalue weighted by Crippen LogP contribution is 2.32. The van der Waals surface area contributed by atoms with Crippen molar-refractivity contribution < 1.29 is 0 Å². The van der Waals surface area contributed by atoms with Crippen LogP contribution in [0.15, 0.2) is 91.6 Å². The van der Waals surface area contributed by atoms with Gasteiger partial charge in [-0.25, -0.2) is 0 Å². The molecule has 0 aliphatic carbocycles. The van der Waals surface area contributed by atoms with Crippen molar-refractivity contribution in [3.8, 4) is 11.3 Å². The van der Waals surface area contributed by atoms with Gasteiger partial charge < -0.3 is 0 Å². The maximum Gasteiger partial charge on any atom is 0.0743 e. The SMILES string of the molecule is C=CC(c1ccccc1)c1cccnc1-c1ccccc1. The number of aromatic nitrogens is 1. The average Bonchev–Trinajstić information content (AvgIpc) is 2.58. The lowest BCUT2D eigenvalue weighted by Gasteiger charge is -2.17. The van der Waals surface area contributed by atoms with E-state index in [1.807, 2.05) is 42.6 Å². The number of benzene rings is 2. The van der Waals surface area contributed by atoms with E-state index in [-0.39, 0.29) is 5.92 Å². The molecule has 102 valence electrons. The van der Waals surface area contributed by atoms with Gasteiger partial charge in [0.1, 0.15) is 0 Å². The van der Waals surface area contributed by atoms with E-state index >= 15 is 0 Å². The Morgan fingerprint density at radius 3 is 2.14 bits per heavy atom. The molecular weight excluding hydrogens is 254 g/mol. The third kappa shape index (κ3) is 2.77. The molecule has 0 amide bonds. The van der Waals surface area contributed by atoms with E-state index in [1.165, 1.54) is 11.1 Å². The largest absolute Gasteiger partial charge is 0.256 e. The van der Waals surface area contributed by atoms with Gasteiger partial charge in [-0.1, -0.05) is 72.8 Å². The molecule has 0 saturated carbocycles. The van der Waals surface area contributed by atoms with Crippen LogP contribution in [-0.2, 0) is 0 Å². The number of pyridine rings is 1. The third-order valence-electron chi connectivity index (χ3n) is 3.62. The fraction of sp³-hybridized carbons (Fsp3) is 0.0500. The second-order valence-corrected chi connectivity index (χ2v) is 4.93. The fourth-order valence-electron chi connectivity index (χ4n) is 2.61. The summed E-state index contributed by atoms with van der Waals surface area (Å²) in [6.45, 7) is 4.02. The highest BCUT2D eigenvalue weighted by molar-refractivity contribution is 5.65. The van der Waals surface area contributed by atoms with Gasteiger partial charge in [0.2, 0.25) is 0 Å². The first-order valence-electron chi connectivity index (χ1n) is 7.08. The van der Waals surface area contributed by atoms with Crippen LogP contribution in [-0.4, -0.2) is 4.98 Å². The minimum absolute atomic E-state index is 0.148. The van der Waals surface area contributed by atoms with Crippen molar-refractivity contribution in [1.82, 2.24) is 4.98 Å². The lowest BCUT2D eigenvalue weighted by atomic mass is 9.88. The predicted octanol–water partition coefficient (Wildman–Crippen LogP) is 5.07. The summed E-state index contributed by atoms with van der Waals surface area (Å²) in [5.41, 5.74) is 4.57. The molecule has 0 fully saturated rings. The van der Waals surface area contributed by atoms with E-state index in [0.717, 1.165) is 11.3 Å². The molecule has 1 aromatic heterocycles. The summed E-state index contributed by atoms with van der Waals surface area (Å²) < 4.78 is 0. The van der Waals surface area contributed by atoms with Crippen LogP contribution in [0.3, 0.4) is 0 Å². The molecule has 21 heavy (non-hydrogen) atoms. The van der Waals surface area contributed by atoms with Gasteiger partial charge in [-0.3, -0.25) is 4.98 Å². The first-order chi connectivity index (χ1) is 10.4. The quantitative estimate of drug-likeness (QED) is 0.604. The van der Waals surface area contributed by atoms with E-state index in [1.54, 1.807) is 0 Å². The third-order valence-corrected chi connectivity index (χ3v) is 3.62. The van der Waals surface area contributed by atoms with Crippen LogP contribution in [0.2, 0.25) is 0 Å². The molecule has 0 aliphatic heterocycles. The lowest BCUT2D eigenvalue weighted by Crippen LogP contribution is -2.01. The Kier molecular flexibility index (Phi) is 3.92. The summed E-state index contributed by atoms with van der Waals surface area (Å²) in [4.78, 5) is 4.60. The van der Waals surface area contributed by atoms with Crippen molar-refractivity contribution in [2.75, 3.05) is 0 Å². The Labute approximate surface area is 125 Å². The van der Waals surface area contributed by atoms with Gasteiger partial charge in [-0.2, -0.15) is 0 Å². The molecule has 1 unspecified atom stereocenters. The molecule has 1 atom stereocenters. The van der Waals surface area contributed by atoms with Crippen LogP contribution in [0.1, 0.15) is 17.0 Å². The summed E-state index contributed by atoms with van der Waals surface area (Å²) >= 11 is 0. The Balaban J connectivity index is 2.12. The number of allylic oxidation sites excluding steroid dienone is 1. The predicted molar refractivity (Wildman–Crippen MR) is 88.2 cm³/mol. The number of hydrogen-bond donors (Lipinski definition) is 0. The molecule has 3 rings (SSSR count). The van der Waals surface area contributed by atoms with Crippen molar-refractivity contribution in [3.63, 3.8) is 0 Å². The van der Waals surface area contributed by atoms with Gasteiger partial charge in [0.25, 0.3) is 0 Å². The molecule has 0 spiro atoms. The molecule has 0 aliphatic rings. The first-order valence-corrected chi connectivity index (χ1v) is 7.08. The van der Waals surface area contributed by atoms with Crippen molar-refractivity contribution in [2.24, 2.45) is 0 Å². The second-order valence-electron chi connectivity index (χ2n) is 4.93. The van der Waals surface area contributed by atoms with E-state index in [2.05, 4.69) is 54.0 Å². The van der Waals surface area contributed by atoms with Crippen LogP contribution >= 0.6 is 0 Å². The highest BCUT2D eigenvalue weighted by Gasteiger charge is 2.15. The number of nitrogens with zero attached hydrogens (tertiary/aromatic N) is 1. The molecule has 0 N–H and O–H groups in total. The lowest BCUT2D eigenvalue weighted by molar-refractivity contribution is 1.01. The Morgan fingerprint density at radius 1 is 0.810 bits per heavy atom. The normalized spacial score (nSPS) is 11.8. The minimum atomic E-state index is 0.148. The van der Waals surface area contributed by atoms with Gasteiger partial charge in [-0.05, 0) is 17.2 Å². The Morgan fingerprint density at radius 2 is 1.48 bits per heavy atom. The summed E-state index contributed by atoms with van der Waals surface area (Å²) in [6.07, 6.45) is 3.83. The van der Waals surface area contributed by atoms with Crippen LogP contribution in [0.5, 0.6) is 0 Å².